The van der Waals surface area contributed by atoms with Crippen LogP contribution in [0.3, 0.4) is 0 Å². The van der Waals surface area contributed by atoms with E-state index < -0.39 is 23.1 Å². The number of halogens is 3. The van der Waals surface area contributed by atoms with Gasteiger partial charge in [0.25, 0.3) is 5.91 Å². The summed E-state index contributed by atoms with van der Waals surface area (Å²) in [5, 5.41) is 2.30. The Hall–Kier alpha value is -1.23. The van der Waals surface area contributed by atoms with Gasteiger partial charge in [-0.1, -0.05) is 22.0 Å². The molecule has 1 aromatic rings. The molecule has 2 nitrogen and oxygen atoms in total. The van der Waals surface area contributed by atoms with E-state index in [1.165, 1.54) is 6.08 Å². The summed E-state index contributed by atoms with van der Waals surface area (Å²) < 4.78 is 26.7. The van der Waals surface area contributed by atoms with Gasteiger partial charge in [-0.2, -0.15) is 0 Å². The fraction of sp³-hybridized carbons (Fsp3) is 0.100. The molecule has 0 aromatic heterocycles. The topological polar surface area (TPSA) is 29.1 Å². The molecule has 1 N–H and O–H groups in total. The third-order valence-corrected chi connectivity index (χ3v) is 2.10. The zero-order valence-electron chi connectivity index (χ0n) is 7.69. The maximum atomic E-state index is 13.2. The Morgan fingerprint density at radius 2 is 2.00 bits per heavy atom. The number of amides is 1. The van der Waals surface area contributed by atoms with E-state index in [2.05, 4.69) is 27.8 Å². The highest BCUT2D eigenvalue weighted by molar-refractivity contribution is 9.10. The molecule has 80 valence electrons. The lowest BCUT2D eigenvalue weighted by Gasteiger charge is -2.05. The van der Waals surface area contributed by atoms with Gasteiger partial charge in [0.2, 0.25) is 0 Å². The molecule has 1 amide bonds. The Morgan fingerprint density at radius 1 is 1.47 bits per heavy atom. The van der Waals surface area contributed by atoms with E-state index in [4.69, 9.17) is 0 Å². The van der Waals surface area contributed by atoms with Crippen LogP contribution in [0.25, 0.3) is 0 Å². The van der Waals surface area contributed by atoms with Gasteiger partial charge in [-0.3, -0.25) is 4.79 Å². The van der Waals surface area contributed by atoms with Crippen molar-refractivity contribution in [3.8, 4) is 0 Å². The predicted molar refractivity (Wildman–Crippen MR) is 56.6 cm³/mol. The normalized spacial score (nSPS) is 9.80. The maximum absolute atomic E-state index is 13.2. The molecule has 0 aliphatic rings. The van der Waals surface area contributed by atoms with Gasteiger partial charge in [0.1, 0.15) is 17.2 Å². The fourth-order valence-electron chi connectivity index (χ4n) is 1.01. The van der Waals surface area contributed by atoms with E-state index in [9.17, 15) is 13.6 Å². The minimum Gasteiger partial charge on any atom is -0.348 e. The molecule has 1 rings (SSSR count). The number of benzene rings is 1. The van der Waals surface area contributed by atoms with Gasteiger partial charge in [0, 0.05) is 11.0 Å². The Bertz CT molecular complexity index is 383. The molecule has 15 heavy (non-hydrogen) atoms. The Labute approximate surface area is 94.1 Å². The Morgan fingerprint density at radius 3 is 2.47 bits per heavy atom. The molecular weight excluding hydrogens is 268 g/mol. The molecule has 0 saturated heterocycles. The molecule has 0 aliphatic carbocycles. The molecule has 0 radical (unpaired) electrons. The van der Waals surface area contributed by atoms with Gasteiger partial charge in [0.15, 0.2) is 0 Å². The standard InChI is InChI=1S/C10H8BrF2NO/c1-2-3-14-10(15)9-7(12)4-6(11)5-8(9)13/h2,4-5H,1,3H2,(H,14,15). The predicted octanol–water partition coefficient (Wildman–Crippen LogP) is 2.64. The summed E-state index contributed by atoms with van der Waals surface area (Å²) >= 11 is 2.92. The number of carbonyl (C=O) groups is 1. The van der Waals surface area contributed by atoms with Crippen molar-refractivity contribution in [2.45, 2.75) is 0 Å². The third-order valence-electron chi connectivity index (χ3n) is 1.64. The lowest BCUT2D eigenvalue weighted by atomic mass is 10.2. The van der Waals surface area contributed by atoms with Crippen molar-refractivity contribution < 1.29 is 13.6 Å². The van der Waals surface area contributed by atoms with Crippen molar-refractivity contribution in [2.75, 3.05) is 6.54 Å². The van der Waals surface area contributed by atoms with Crippen LogP contribution in [0.2, 0.25) is 0 Å². The lowest BCUT2D eigenvalue weighted by molar-refractivity contribution is 0.0949. The zero-order chi connectivity index (χ0) is 11.4. The fourth-order valence-corrected chi connectivity index (χ4v) is 1.41. The van der Waals surface area contributed by atoms with Crippen molar-refractivity contribution in [3.05, 3.63) is 46.5 Å². The van der Waals surface area contributed by atoms with Crippen LogP contribution in [-0.2, 0) is 0 Å². The number of hydrogen-bond donors (Lipinski definition) is 1. The first-order valence-corrected chi connectivity index (χ1v) is 4.89. The van der Waals surface area contributed by atoms with E-state index in [1.54, 1.807) is 0 Å². The van der Waals surface area contributed by atoms with Crippen LogP contribution < -0.4 is 5.32 Å². The Balaban J connectivity index is 3.03. The number of rotatable bonds is 3. The van der Waals surface area contributed by atoms with Crippen LogP contribution >= 0.6 is 15.9 Å². The first kappa shape index (κ1) is 11.8. The van der Waals surface area contributed by atoms with Gasteiger partial charge in [-0.15, -0.1) is 6.58 Å². The van der Waals surface area contributed by atoms with Crippen LogP contribution in [-0.4, -0.2) is 12.5 Å². The number of carbonyl (C=O) groups excluding carboxylic acids is 1. The second kappa shape index (κ2) is 5.02. The largest absolute Gasteiger partial charge is 0.348 e. The summed E-state index contributed by atoms with van der Waals surface area (Å²) in [6, 6.07) is 2.07. The third kappa shape index (κ3) is 2.86. The van der Waals surface area contributed by atoms with E-state index in [0.29, 0.717) is 0 Å². The van der Waals surface area contributed by atoms with Crippen molar-refractivity contribution >= 4 is 21.8 Å². The van der Waals surface area contributed by atoms with Crippen LogP contribution in [0.5, 0.6) is 0 Å². The molecule has 0 aliphatic heterocycles. The Kier molecular flexibility index (Phi) is 3.96. The van der Waals surface area contributed by atoms with Crippen LogP contribution in [0, 0.1) is 11.6 Å². The minimum absolute atomic E-state index is 0.160. The van der Waals surface area contributed by atoms with E-state index in [0.717, 1.165) is 12.1 Å². The molecule has 0 heterocycles. The molecule has 5 heteroatoms. The van der Waals surface area contributed by atoms with Gasteiger partial charge in [0.05, 0.1) is 0 Å². The molecule has 0 unspecified atom stereocenters. The summed E-state index contributed by atoms with van der Waals surface area (Å²) in [5.74, 6) is -2.59. The van der Waals surface area contributed by atoms with Crippen LogP contribution in [0.15, 0.2) is 29.3 Å². The van der Waals surface area contributed by atoms with Crippen LogP contribution in [0.1, 0.15) is 10.4 Å². The second-order valence-electron chi connectivity index (χ2n) is 2.74. The zero-order valence-corrected chi connectivity index (χ0v) is 9.27. The first-order chi connectivity index (χ1) is 7.06. The monoisotopic (exact) mass is 275 g/mol. The first-order valence-electron chi connectivity index (χ1n) is 4.10. The average Bonchev–Trinajstić information content (AvgIpc) is 2.12. The summed E-state index contributed by atoms with van der Waals surface area (Å²) in [6.45, 7) is 3.54. The molecular formula is C10H8BrF2NO. The SMILES string of the molecule is C=CCNC(=O)c1c(F)cc(Br)cc1F. The minimum atomic E-state index is -0.900. The highest BCUT2D eigenvalue weighted by Gasteiger charge is 2.17. The highest BCUT2D eigenvalue weighted by Crippen LogP contribution is 2.19. The molecule has 1 aromatic carbocycles. The van der Waals surface area contributed by atoms with E-state index in [1.807, 2.05) is 0 Å². The van der Waals surface area contributed by atoms with Gasteiger partial charge >= 0.3 is 0 Å². The average molecular weight is 276 g/mol. The maximum Gasteiger partial charge on any atom is 0.257 e. The number of nitrogens with one attached hydrogen (secondary N) is 1. The summed E-state index contributed by atoms with van der Waals surface area (Å²) in [6.07, 6.45) is 1.42. The van der Waals surface area contributed by atoms with Crippen molar-refractivity contribution in [1.82, 2.24) is 5.32 Å². The van der Waals surface area contributed by atoms with Gasteiger partial charge in [-0.25, -0.2) is 8.78 Å². The van der Waals surface area contributed by atoms with Crippen molar-refractivity contribution in [1.29, 1.82) is 0 Å². The summed E-state index contributed by atoms with van der Waals surface area (Å²) in [7, 11) is 0. The number of hydrogen-bond acceptors (Lipinski definition) is 1. The molecule has 0 saturated carbocycles. The molecule has 0 spiro atoms. The van der Waals surface area contributed by atoms with E-state index >= 15 is 0 Å². The van der Waals surface area contributed by atoms with Gasteiger partial charge in [-0.05, 0) is 12.1 Å². The molecule has 0 atom stereocenters. The van der Waals surface area contributed by atoms with Crippen LogP contribution in [0.4, 0.5) is 8.78 Å². The van der Waals surface area contributed by atoms with E-state index in [-0.39, 0.29) is 11.0 Å². The second-order valence-corrected chi connectivity index (χ2v) is 3.66. The summed E-state index contributed by atoms with van der Waals surface area (Å²) in [5.41, 5.74) is -0.583. The van der Waals surface area contributed by atoms with Crippen molar-refractivity contribution in [2.24, 2.45) is 0 Å². The quantitative estimate of drug-likeness (QED) is 0.845. The molecule has 0 fully saturated rings. The smallest absolute Gasteiger partial charge is 0.257 e. The summed E-state index contributed by atoms with van der Waals surface area (Å²) in [4.78, 5) is 11.3. The highest BCUT2D eigenvalue weighted by atomic mass is 79.9. The molecule has 0 bridgehead atoms. The lowest BCUT2D eigenvalue weighted by Crippen LogP contribution is -2.25. The van der Waals surface area contributed by atoms with Gasteiger partial charge < -0.3 is 5.32 Å². The van der Waals surface area contributed by atoms with Crippen molar-refractivity contribution in [3.63, 3.8) is 0 Å².